The Morgan fingerprint density at radius 3 is 2.56 bits per heavy atom. The van der Waals surface area contributed by atoms with Gasteiger partial charge in [-0.15, -0.1) is 0 Å². The fourth-order valence-corrected chi connectivity index (χ4v) is 7.36. The summed E-state index contributed by atoms with van der Waals surface area (Å²) in [4.78, 5) is 39.5. The van der Waals surface area contributed by atoms with Crippen LogP contribution in [0.1, 0.15) is 75.8 Å². The molecule has 2 heterocycles. The van der Waals surface area contributed by atoms with Gasteiger partial charge in [0.15, 0.2) is 11.6 Å². The van der Waals surface area contributed by atoms with Crippen LogP contribution in [-0.2, 0) is 19.0 Å². The molecular weight excluding hydrogens is 576 g/mol. The lowest BCUT2D eigenvalue weighted by atomic mass is 9.58. The number of allylic oxidation sites excluding steroid dienone is 2. The van der Waals surface area contributed by atoms with Crippen LogP contribution < -0.4 is 0 Å². The number of aromatic hydroxyl groups is 1. The molecule has 3 aliphatic rings. The molecule has 2 saturated heterocycles. The largest absolute Gasteiger partial charge is 0.505 e. The molecule has 0 radical (unpaired) electrons. The number of hydrogen-bond donors (Lipinski definition) is 3. The van der Waals surface area contributed by atoms with Crippen LogP contribution in [0, 0.1) is 23.6 Å². The van der Waals surface area contributed by atoms with E-state index in [1.165, 1.54) is 17.0 Å². The number of rotatable bonds is 13. The average molecular weight is 618 g/mol. The van der Waals surface area contributed by atoms with Gasteiger partial charge in [-0.2, -0.15) is 0 Å². The SMILES string of the molecule is CCCC1=C2[C@@H](CC/C(=C/c3ccc(O)c(F)c3)c3ccccc3)OB(O)C[C@@H]2[C@@H]2C(=O)N(CCCCCC(=O)O)C(=O)[C@@H]2C1. The summed E-state index contributed by atoms with van der Waals surface area (Å²) >= 11 is 0. The van der Waals surface area contributed by atoms with Crippen LogP contribution in [-0.4, -0.2) is 57.7 Å². The first-order valence-corrected chi connectivity index (χ1v) is 16.0. The van der Waals surface area contributed by atoms with Crippen molar-refractivity contribution < 1.29 is 38.7 Å². The number of nitrogens with zero attached hydrogens (tertiary/aromatic N) is 1. The van der Waals surface area contributed by atoms with Gasteiger partial charge < -0.3 is 19.9 Å². The zero-order valence-corrected chi connectivity index (χ0v) is 25.7. The van der Waals surface area contributed by atoms with Gasteiger partial charge >= 0.3 is 13.1 Å². The van der Waals surface area contributed by atoms with Crippen molar-refractivity contribution in [3.05, 3.63) is 76.6 Å². The topological polar surface area (TPSA) is 124 Å². The monoisotopic (exact) mass is 617 g/mol. The second kappa shape index (κ2) is 14.6. The second-order valence-corrected chi connectivity index (χ2v) is 12.4. The van der Waals surface area contributed by atoms with Gasteiger partial charge in [-0.1, -0.05) is 67.8 Å². The number of carboxylic acids is 1. The van der Waals surface area contributed by atoms with Crippen LogP contribution in [0.25, 0.3) is 11.6 Å². The van der Waals surface area contributed by atoms with Gasteiger partial charge in [0, 0.05) is 13.0 Å². The first kappa shape index (κ1) is 32.6. The molecule has 0 aromatic heterocycles. The first-order valence-electron chi connectivity index (χ1n) is 16.0. The lowest BCUT2D eigenvalue weighted by Gasteiger charge is -2.43. The molecule has 0 unspecified atom stereocenters. The molecule has 8 nitrogen and oxygen atoms in total. The summed E-state index contributed by atoms with van der Waals surface area (Å²) < 4.78 is 20.3. The minimum atomic E-state index is -1.08. The Labute approximate surface area is 263 Å². The molecule has 0 saturated carbocycles. The molecule has 238 valence electrons. The van der Waals surface area contributed by atoms with Crippen molar-refractivity contribution in [1.82, 2.24) is 4.90 Å². The zero-order valence-electron chi connectivity index (χ0n) is 25.7. The number of carbonyl (C=O) groups is 3. The molecule has 0 spiro atoms. The second-order valence-electron chi connectivity index (χ2n) is 12.4. The van der Waals surface area contributed by atoms with Gasteiger partial charge in [0.2, 0.25) is 11.8 Å². The number of halogens is 1. The Morgan fingerprint density at radius 1 is 1.07 bits per heavy atom. The van der Waals surface area contributed by atoms with E-state index in [4.69, 9.17) is 9.76 Å². The fraction of sp³-hybridized carbons (Fsp3) is 0.457. The predicted octanol–water partition coefficient (Wildman–Crippen LogP) is 6.09. The maximum absolute atomic E-state index is 14.2. The predicted molar refractivity (Wildman–Crippen MR) is 169 cm³/mol. The van der Waals surface area contributed by atoms with E-state index in [-0.39, 0.29) is 37.0 Å². The normalized spacial score (nSPS) is 23.4. The molecule has 2 fully saturated rings. The highest BCUT2D eigenvalue weighted by atomic mass is 19.1. The zero-order chi connectivity index (χ0) is 32.1. The molecule has 1 aliphatic carbocycles. The van der Waals surface area contributed by atoms with Crippen LogP contribution >= 0.6 is 0 Å². The lowest BCUT2D eigenvalue weighted by molar-refractivity contribution is -0.141. The van der Waals surface area contributed by atoms with E-state index in [1.54, 1.807) is 6.07 Å². The fourth-order valence-electron chi connectivity index (χ4n) is 7.36. The third-order valence-electron chi connectivity index (χ3n) is 9.36. The van der Waals surface area contributed by atoms with Crippen LogP contribution in [0.5, 0.6) is 5.75 Å². The van der Waals surface area contributed by atoms with Gasteiger partial charge in [0.25, 0.3) is 0 Å². The Morgan fingerprint density at radius 2 is 1.84 bits per heavy atom. The number of amides is 2. The molecular formula is C35H41BFNO7. The van der Waals surface area contributed by atoms with E-state index in [9.17, 15) is 28.9 Å². The van der Waals surface area contributed by atoms with E-state index >= 15 is 0 Å². The number of fused-ring (bicyclic) bond motifs is 3. The number of aliphatic carboxylic acids is 1. The number of phenolic OH excluding ortho intramolecular Hbond substituents is 1. The Balaban J connectivity index is 1.39. The summed E-state index contributed by atoms with van der Waals surface area (Å²) in [6, 6.07) is 14.0. The third-order valence-corrected chi connectivity index (χ3v) is 9.36. The van der Waals surface area contributed by atoms with Crippen molar-refractivity contribution in [2.45, 2.75) is 77.1 Å². The number of carboxylic acid groups (broad SMARTS) is 1. The summed E-state index contributed by atoms with van der Waals surface area (Å²) in [5.41, 5.74) is 4.68. The number of carbonyl (C=O) groups excluding carboxylic acids is 2. The number of benzene rings is 2. The molecule has 2 aromatic carbocycles. The molecule has 5 rings (SSSR count). The molecule has 45 heavy (non-hydrogen) atoms. The quantitative estimate of drug-likeness (QED) is 0.0817. The summed E-state index contributed by atoms with van der Waals surface area (Å²) in [6.45, 7) is 2.36. The molecule has 4 atom stereocenters. The molecule has 0 bridgehead atoms. The van der Waals surface area contributed by atoms with E-state index in [1.807, 2.05) is 36.4 Å². The van der Waals surface area contributed by atoms with Gasteiger partial charge in [0.1, 0.15) is 0 Å². The van der Waals surface area contributed by atoms with Crippen molar-refractivity contribution in [3.63, 3.8) is 0 Å². The summed E-state index contributed by atoms with van der Waals surface area (Å²) in [7, 11) is -1.08. The summed E-state index contributed by atoms with van der Waals surface area (Å²) in [5, 5.41) is 29.5. The van der Waals surface area contributed by atoms with Gasteiger partial charge in [-0.3, -0.25) is 19.3 Å². The highest BCUT2D eigenvalue weighted by molar-refractivity contribution is 6.43. The number of unbranched alkanes of at least 4 members (excludes halogenated alkanes) is 2. The van der Waals surface area contributed by atoms with E-state index < -0.39 is 42.6 Å². The Kier molecular flexibility index (Phi) is 10.6. The minimum Gasteiger partial charge on any atom is -0.505 e. The number of likely N-dealkylation sites (tertiary alicyclic amines) is 1. The molecule has 2 amide bonds. The number of imide groups is 1. The van der Waals surface area contributed by atoms with Gasteiger partial charge in [-0.25, -0.2) is 4.39 Å². The Hall–Kier alpha value is -3.76. The van der Waals surface area contributed by atoms with Crippen molar-refractivity contribution >= 4 is 36.6 Å². The molecule has 2 aromatic rings. The van der Waals surface area contributed by atoms with E-state index in [0.29, 0.717) is 44.1 Å². The average Bonchev–Trinajstić information content (AvgIpc) is 3.25. The summed E-state index contributed by atoms with van der Waals surface area (Å²) in [6.07, 6.45) is 6.64. The van der Waals surface area contributed by atoms with Crippen molar-refractivity contribution in [2.75, 3.05) is 6.54 Å². The highest BCUT2D eigenvalue weighted by Gasteiger charge is 2.56. The van der Waals surface area contributed by atoms with Crippen LogP contribution in [0.15, 0.2) is 59.7 Å². The highest BCUT2D eigenvalue weighted by Crippen LogP contribution is 2.51. The van der Waals surface area contributed by atoms with E-state index in [2.05, 4.69) is 6.92 Å². The van der Waals surface area contributed by atoms with E-state index in [0.717, 1.165) is 35.1 Å². The van der Waals surface area contributed by atoms with Gasteiger partial charge in [0.05, 0.1) is 17.9 Å². The number of hydrogen-bond acceptors (Lipinski definition) is 6. The van der Waals surface area contributed by atoms with Crippen molar-refractivity contribution in [3.8, 4) is 5.75 Å². The third kappa shape index (κ3) is 7.39. The molecule has 3 N–H and O–H groups in total. The molecule has 10 heteroatoms. The first-order chi connectivity index (χ1) is 21.7. The lowest BCUT2D eigenvalue weighted by Crippen LogP contribution is -2.46. The maximum Gasteiger partial charge on any atom is 0.455 e. The standard InChI is InChI=1S/C35H41BFNO7/c1-2-9-25-20-26-33(35(43)38(34(26)42)17-8-4-7-12-31(40)41)27-21-36(44)45-30(32(25)27)16-14-24(23-10-5-3-6-11-23)18-22-13-15-29(39)28(37)19-22/h3,5-6,10-11,13,15,18-19,26-27,30,33,39,44H,2,4,7-9,12,14,16-17,20-21H2,1H3,(H,40,41)/b24-18-/t26-,27+,30-,33-/m1/s1. The molecule has 2 aliphatic heterocycles. The van der Waals surface area contributed by atoms with Gasteiger partial charge in [-0.05, 0) is 85.2 Å². The Bertz CT molecular complexity index is 1480. The van der Waals surface area contributed by atoms with Crippen molar-refractivity contribution in [1.29, 1.82) is 0 Å². The smallest absolute Gasteiger partial charge is 0.455 e. The minimum absolute atomic E-state index is 0.0646. The van der Waals surface area contributed by atoms with Crippen LogP contribution in [0.3, 0.4) is 0 Å². The summed E-state index contributed by atoms with van der Waals surface area (Å²) in [5.74, 6) is -3.63. The van der Waals surface area contributed by atoms with Crippen LogP contribution in [0.4, 0.5) is 4.39 Å². The van der Waals surface area contributed by atoms with Crippen LogP contribution in [0.2, 0.25) is 6.32 Å². The number of phenols is 1. The van der Waals surface area contributed by atoms with Crippen molar-refractivity contribution in [2.24, 2.45) is 17.8 Å². The maximum atomic E-state index is 14.2.